The van der Waals surface area contributed by atoms with Crippen LogP contribution in [0.1, 0.15) is 35.1 Å². The molecule has 7 heteroatoms. The summed E-state index contributed by atoms with van der Waals surface area (Å²) in [6.07, 6.45) is 1.54. The minimum absolute atomic E-state index is 0. The van der Waals surface area contributed by atoms with E-state index in [-0.39, 0.29) is 14.1 Å². The molecule has 30 heavy (non-hydrogen) atoms. The van der Waals surface area contributed by atoms with E-state index in [2.05, 4.69) is 5.32 Å². The topological polar surface area (TPSA) is 84.9 Å². The highest BCUT2D eigenvalue weighted by atomic mass is 32.1. The number of fused-ring (bicyclic) bond motifs is 1. The predicted octanol–water partition coefficient (Wildman–Crippen LogP) is 5.07. The fraction of sp³-hybridized carbons (Fsp3) is 0.217. The number of carboxylic acids is 1. The van der Waals surface area contributed by atoms with Gasteiger partial charge in [0.05, 0.1) is 5.41 Å². The second-order valence-electron chi connectivity index (χ2n) is 7.60. The molecule has 1 aromatic heterocycles. The molecule has 1 saturated carbocycles. The molecule has 0 bridgehead atoms. The fourth-order valence-corrected chi connectivity index (χ4v) is 4.64. The van der Waals surface area contributed by atoms with E-state index in [1.807, 2.05) is 43.3 Å². The summed E-state index contributed by atoms with van der Waals surface area (Å²) in [6.45, 7) is 2.13. The van der Waals surface area contributed by atoms with Gasteiger partial charge >= 0.3 is 5.97 Å². The molecule has 2 N–H and O–H groups in total. The number of thiophene rings is 1. The highest BCUT2D eigenvalue weighted by molar-refractivity contribution is 7.12. The quantitative estimate of drug-likeness (QED) is 0.599. The first kappa shape index (κ1) is 18.7. The van der Waals surface area contributed by atoms with Crippen LogP contribution in [0.15, 0.2) is 47.8 Å². The number of nitrogens with one attached hydrogen (secondary N) is 1. The molecule has 6 nitrogen and oxygen atoms in total. The number of aryl methyl sites for hydroxylation is 1. The van der Waals surface area contributed by atoms with Gasteiger partial charge in [-0.3, -0.25) is 4.79 Å². The Kier molecular flexibility index (Phi) is 4.29. The Morgan fingerprint density at radius 3 is 2.63 bits per heavy atom. The zero-order chi connectivity index (χ0) is 20.9. The van der Waals surface area contributed by atoms with Gasteiger partial charge < -0.3 is 19.9 Å². The summed E-state index contributed by atoms with van der Waals surface area (Å²) in [5.41, 5.74) is 3.42. The van der Waals surface area contributed by atoms with Gasteiger partial charge in [-0.25, -0.2) is 4.79 Å². The van der Waals surface area contributed by atoms with E-state index < -0.39 is 11.4 Å². The van der Waals surface area contributed by atoms with Gasteiger partial charge in [0.25, 0.3) is 0 Å². The molecular weight excluding hydrogens is 402 g/mol. The Morgan fingerprint density at radius 1 is 1.07 bits per heavy atom. The summed E-state index contributed by atoms with van der Waals surface area (Å²) in [6, 6.07) is 13.0. The van der Waals surface area contributed by atoms with E-state index in [0.29, 0.717) is 27.6 Å². The van der Waals surface area contributed by atoms with Crippen molar-refractivity contribution in [3.05, 3.63) is 63.8 Å². The van der Waals surface area contributed by atoms with E-state index in [0.717, 1.165) is 29.5 Å². The summed E-state index contributed by atoms with van der Waals surface area (Å²) in [5.74, 6) is 0.347. The summed E-state index contributed by atoms with van der Waals surface area (Å²) in [7, 11) is 0. The third-order valence-corrected chi connectivity index (χ3v) is 6.66. The number of aromatic carboxylic acids is 1. The molecule has 154 valence electrons. The molecule has 1 aliphatic heterocycles. The Morgan fingerprint density at radius 2 is 1.87 bits per heavy atom. The molecule has 1 amide bonds. The molecule has 2 heterocycles. The zero-order valence-corrected chi connectivity index (χ0v) is 17.0. The van der Waals surface area contributed by atoms with Crippen LogP contribution in [-0.4, -0.2) is 23.8 Å². The van der Waals surface area contributed by atoms with Gasteiger partial charge in [0.2, 0.25) is 12.7 Å². The van der Waals surface area contributed by atoms with Crippen molar-refractivity contribution in [1.29, 1.82) is 0 Å². The average Bonchev–Trinajstić information content (AvgIpc) is 3.18. The van der Waals surface area contributed by atoms with Gasteiger partial charge in [-0.05, 0) is 72.2 Å². The molecule has 0 spiro atoms. The van der Waals surface area contributed by atoms with Crippen LogP contribution in [0.2, 0.25) is 0 Å². The number of carboxylic acid groups (broad SMARTS) is 1. The third-order valence-electron chi connectivity index (χ3n) is 5.75. The van der Waals surface area contributed by atoms with E-state index >= 15 is 0 Å². The summed E-state index contributed by atoms with van der Waals surface area (Å²) in [4.78, 5) is 25.0. The van der Waals surface area contributed by atoms with Crippen LogP contribution in [0.25, 0.3) is 11.1 Å². The molecule has 0 saturated heterocycles. The zero-order valence-electron chi connectivity index (χ0n) is 16.2. The standard InChI is InChI=1S/C23H19NO5S.H2/c1-13-2-4-15(11-17(13)16-6-9-30-20(16)21(25)26)24-22(27)23(7-8-23)14-3-5-18-19(10-14)29-12-28-18;/h2-6,9-11H,7-8,12H2,1H3,(H,24,27)(H,25,26);1H. The largest absolute Gasteiger partial charge is 0.477 e. The van der Waals surface area contributed by atoms with E-state index in [4.69, 9.17) is 9.47 Å². The van der Waals surface area contributed by atoms with Crippen LogP contribution in [0.3, 0.4) is 0 Å². The molecule has 2 aliphatic rings. The van der Waals surface area contributed by atoms with E-state index in [9.17, 15) is 14.7 Å². The predicted molar refractivity (Wildman–Crippen MR) is 116 cm³/mol. The maximum atomic E-state index is 13.2. The Balaban J connectivity index is 0.00000231. The van der Waals surface area contributed by atoms with E-state index in [1.54, 1.807) is 11.4 Å². The lowest BCUT2D eigenvalue weighted by atomic mass is 9.94. The monoisotopic (exact) mass is 423 g/mol. The summed E-state index contributed by atoms with van der Waals surface area (Å²) >= 11 is 1.19. The average molecular weight is 423 g/mol. The Hall–Kier alpha value is -3.32. The lowest BCUT2D eigenvalue weighted by molar-refractivity contribution is -0.118. The number of ether oxygens (including phenoxy) is 2. The molecule has 2 aromatic carbocycles. The lowest BCUT2D eigenvalue weighted by Gasteiger charge is -2.17. The normalized spacial score (nSPS) is 15.6. The number of anilines is 1. The summed E-state index contributed by atoms with van der Waals surface area (Å²) < 4.78 is 10.8. The number of carbonyl (C=O) groups is 2. The highest BCUT2D eigenvalue weighted by Crippen LogP contribution is 2.51. The van der Waals surface area contributed by atoms with Crippen molar-refractivity contribution in [2.45, 2.75) is 25.2 Å². The highest BCUT2D eigenvalue weighted by Gasteiger charge is 2.51. The molecule has 1 fully saturated rings. The van der Waals surface area contributed by atoms with Crippen LogP contribution < -0.4 is 14.8 Å². The number of benzene rings is 2. The number of hydrogen-bond acceptors (Lipinski definition) is 5. The minimum Gasteiger partial charge on any atom is -0.477 e. The second kappa shape index (κ2) is 6.88. The van der Waals surface area contributed by atoms with E-state index in [1.165, 1.54) is 11.3 Å². The van der Waals surface area contributed by atoms with Crippen LogP contribution in [-0.2, 0) is 10.2 Å². The summed E-state index contributed by atoms with van der Waals surface area (Å²) in [5, 5.41) is 14.3. The molecule has 1 aliphatic carbocycles. The van der Waals surface area contributed by atoms with Gasteiger partial charge in [-0.15, -0.1) is 11.3 Å². The van der Waals surface area contributed by atoms with Crippen LogP contribution in [0, 0.1) is 6.92 Å². The van der Waals surface area contributed by atoms with Gasteiger partial charge in [-0.1, -0.05) is 12.1 Å². The lowest BCUT2D eigenvalue weighted by Crippen LogP contribution is -2.27. The molecule has 0 unspecified atom stereocenters. The van der Waals surface area contributed by atoms with Crippen molar-refractivity contribution in [2.75, 3.05) is 12.1 Å². The number of amides is 1. The second-order valence-corrected chi connectivity index (χ2v) is 8.52. The first-order valence-electron chi connectivity index (χ1n) is 9.61. The molecule has 5 rings (SSSR count). The fourth-order valence-electron chi connectivity index (χ4n) is 3.89. The maximum Gasteiger partial charge on any atom is 0.346 e. The van der Waals surface area contributed by atoms with Crippen LogP contribution in [0.4, 0.5) is 5.69 Å². The van der Waals surface area contributed by atoms with Crippen LogP contribution in [0.5, 0.6) is 11.5 Å². The Labute approximate surface area is 178 Å². The van der Waals surface area contributed by atoms with Crippen molar-refractivity contribution in [3.8, 4) is 22.6 Å². The minimum atomic E-state index is -0.950. The van der Waals surface area contributed by atoms with Crippen molar-refractivity contribution >= 4 is 28.9 Å². The smallest absolute Gasteiger partial charge is 0.346 e. The molecule has 0 atom stereocenters. The number of carbonyl (C=O) groups excluding carboxylic acids is 1. The maximum absolute atomic E-state index is 13.2. The number of hydrogen-bond donors (Lipinski definition) is 2. The van der Waals surface area contributed by atoms with Gasteiger partial charge in [0.1, 0.15) is 4.88 Å². The van der Waals surface area contributed by atoms with Crippen molar-refractivity contribution in [2.24, 2.45) is 0 Å². The third kappa shape index (κ3) is 3.02. The molecule has 0 radical (unpaired) electrons. The van der Waals surface area contributed by atoms with Gasteiger partial charge in [-0.2, -0.15) is 0 Å². The number of rotatable bonds is 5. The Bertz CT molecular complexity index is 1180. The SMILES string of the molecule is Cc1ccc(NC(=O)C2(c3ccc4c(c3)OCO4)CC2)cc1-c1ccsc1C(=O)O.[HH]. The van der Waals surface area contributed by atoms with Crippen molar-refractivity contribution in [1.82, 2.24) is 0 Å². The first-order valence-corrected chi connectivity index (χ1v) is 10.5. The van der Waals surface area contributed by atoms with Crippen molar-refractivity contribution in [3.63, 3.8) is 0 Å². The van der Waals surface area contributed by atoms with Crippen LogP contribution >= 0.6 is 11.3 Å². The van der Waals surface area contributed by atoms with Gasteiger partial charge in [0, 0.05) is 12.7 Å². The van der Waals surface area contributed by atoms with Gasteiger partial charge in [0.15, 0.2) is 11.5 Å². The first-order chi connectivity index (χ1) is 14.5. The molecule has 3 aromatic rings. The molecular formula is C23H21NO5S. The van der Waals surface area contributed by atoms with Crippen molar-refractivity contribution < 1.29 is 25.6 Å².